The third-order valence-corrected chi connectivity index (χ3v) is 6.67. The summed E-state index contributed by atoms with van der Waals surface area (Å²) in [7, 11) is 0. The fraction of sp³-hybridized carbons (Fsp3) is 0.367. The molecule has 0 atom stereocenters. The quantitative estimate of drug-likeness (QED) is 0.331. The Morgan fingerprint density at radius 2 is 1.57 bits per heavy atom. The third-order valence-electron chi connectivity index (χ3n) is 6.67. The molecule has 1 aliphatic rings. The van der Waals surface area contributed by atoms with E-state index in [4.69, 9.17) is 14.7 Å². The summed E-state index contributed by atoms with van der Waals surface area (Å²) in [6.07, 6.45) is 1.62. The van der Waals surface area contributed by atoms with Crippen LogP contribution in [-0.2, 0) is 23.4 Å². The molecule has 1 fully saturated rings. The molecule has 1 aliphatic heterocycles. The average Bonchev–Trinajstić information content (AvgIpc) is 3.25. The number of carbonyl (C=O) groups excluding carboxylic acids is 1. The maximum Gasteiger partial charge on any atom is 0.410 e. The zero-order valence-corrected chi connectivity index (χ0v) is 22.3. The van der Waals surface area contributed by atoms with E-state index in [0.717, 1.165) is 35.6 Å². The smallest absolute Gasteiger partial charge is 0.410 e. The zero-order chi connectivity index (χ0) is 26.2. The van der Waals surface area contributed by atoms with Gasteiger partial charge in [-0.1, -0.05) is 60.7 Å². The number of ether oxygens (including phenoxy) is 1. The predicted molar refractivity (Wildman–Crippen MR) is 146 cm³/mol. The third kappa shape index (κ3) is 5.31. The molecule has 0 bridgehead atoms. The molecule has 0 spiro atoms. The largest absolute Gasteiger partial charge is 0.444 e. The predicted octanol–water partition coefficient (Wildman–Crippen LogP) is 5.91. The van der Waals surface area contributed by atoms with Gasteiger partial charge in [0.25, 0.3) is 0 Å². The number of fused-ring (bicyclic) bond motifs is 1. The molecule has 37 heavy (non-hydrogen) atoms. The Morgan fingerprint density at radius 3 is 2.11 bits per heavy atom. The van der Waals surface area contributed by atoms with E-state index in [1.807, 2.05) is 46.2 Å². The zero-order valence-electron chi connectivity index (χ0n) is 22.3. The highest BCUT2D eigenvalue weighted by atomic mass is 16.6. The number of aromatic nitrogens is 3. The van der Waals surface area contributed by atoms with Crippen LogP contribution in [0.25, 0.3) is 11.0 Å². The second-order valence-electron chi connectivity index (χ2n) is 11.2. The monoisotopic (exact) mass is 497 g/mol. The highest BCUT2D eigenvalue weighted by Gasteiger charge is 2.45. The highest BCUT2D eigenvalue weighted by Crippen LogP contribution is 2.35. The molecule has 192 valence electrons. The number of aryl methyl sites for hydroxylation is 1. The molecular formula is C30H35N5O2. The Balaban J connectivity index is 1.48. The average molecular weight is 498 g/mol. The van der Waals surface area contributed by atoms with Crippen molar-refractivity contribution in [3.63, 3.8) is 0 Å². The van der Waals surface area contributed by atoms with Crippen molar-refractivity contribution in [1.29, 1.82) is 0 Å². The molecule has 7 heteroatoms. The summed E-state index contributed by atoms with van der Waals surface area (Å²) in [6.45, 7) is 12.4. The molecule has 1 saturated heterocycles. The van der Waals surface area contributed by atoms with Crippen LogP contribution in [0, 0.1) is 6.92 Å². The van der Waals surface area contributed by atoms with E-state index in [2.05, 4.69) is 71.0 Å². The van der Waals surface area contributed by atoms with Gasteiger partial charge in [0, 0.05) is 31.9 Å². The minimum atomic E-state index is -0.510. The van der Waals surface area contributed by atoms with Crippen molar-refractivity contribution in [1.82, 2.24) is 19.4 Å². The van der Waals surface area contributed by atoms with Crippen LogP contribution in [-0.4, -0.2) is 44.2 Å². The van der Waals surface area contributed by atoms with Gasteiger partial charge in [-0.2, -0.15) is 0 Å². The molecule has 0 N–H and O–H groups in total. The van der Waals surface area contributed by atoms with E-state index in [-0.39, 0.29) is 11.6 Å². The number of benzene rings is 2. The van der Waals surface area contributed by atoms with Gasteiger partial charge in [0.05, 0.1) is 17.4 Å². The van der Waals surface area contributed by atoms with E-state index >= 15 is 0 Å². The number of rotatable bonds is 6. The molecule has 2 aromatic carbocycles. The lowest BCUT2D eigenvalue weighted by Crippen LogP contribution is -2.63. The molecule has 7 nitrogen and oxygen atoms in total. The number of hydrogen-bond donors (Lipinski definition) is 0. The van der Waals surface area contributed by atoms with Crippen molar-refractivity contribution in [2.24, 2.45) is 0 Å². The first kappa shape index (κ1) is 24.8. The molecular weight excluding hydrogens is 462 g/mol. The lowest BCUT2D eigenvalue weighted by molar-refractivity contribution is -0.0220. The van der Waals surface area contributed by atoms with Gasteiger partial charge in [-0.3, -0.25) is 0 Å². The molecule has 3 heterocycles. The molecule has 5 rings (SSSR count). The Morgan fingerprint density at radius 1 is 1.00 bits per heavy atom. The molecule has 2 aromatic heterocycles. The molecule has 4 aromatic rings. The Labute approximate surface area is 218 Å². The van der Waals surface area contributed by atoms with Gasteiger partial charge in [-0.15, -0.1) is 0 Å². The number of imidazole rings is 1. The van der Waals surface area contributed by atoms with Crippen LogP contribution >= 0.6 is 0 Å². The summed E-state index contributed by atoms with van der Waals surface area (Å²) in [5.74, 6) is 0.869. The maximum atomic E-state index is 12.6. The van der Waals surface area contributed by atoms with Gasteiger partial charge < -0.3 is 19.1 Å². The lowest BCUT2D eigenvalue weighted by Gasteiger charge is -2.48. The second-order valence-corrected chi connectivity index (χ2v) is 11.2. The lowest BCUT2D eigenvalue weighted by atomic mass is 9.92. The van der Waals surface area contributed by atoms with E-state index < -0.39 is 5.60 Å². The molecule has 0 unspecified atom stereocenters. The fourth-order valence-electron chi connectivity index (χ4n) is 4.97. The van der Waals surface area contributed by atoms with Crippen molar-refractivity contribution >= 4 is 22.9 Å². The van der Waals surface area contributed by atoms with E-state index in [1.165, 1.54) is 11.1 Å². The summed E-state index contributed by atoms with van der Waals surface area (Å²) in [6, 6.07) is 23.0. The first-order valence-corrected chi connectivity index (χ1v) is 12.8. The van der Waals surface area contributed by atoms with E-state index in [1.54, 1.807) is 4.90 Å². The summed E-state index contributed by atoms with van der Waals surface area (Å²) in [5.41, 5.74) is 4.49. The number of hydrogen-bond acceptors (Lipinski definition) is 5. The number of pyridine rings is 1. The van der Waals surface area contributed by atoms with Gasteiger partial charge in [0.15, 0.2) is 5.82 Å². The molecule has 0 radical (unpaired) electrons. The number of carbonyl (C=O) groups is 1. The minimum Gasteiger partial charge on any atom is -0.444 e. The number of nitrogens with zero attached hydrogens (tertiary/aromatic N) is 5. The van der Waals surface area contributed by atoms with Crippen LogP contribution in [0.4, 0.5) is 10.6 Å². The van der Waals surface area contributed by atoms with Gasteiger partial charge in [0.1, 0.15) is 11.1 Å². The van der Waals surface area contributed by atoms with E-state index in [9.17, 15) is 4.79 Å². The van der Waals surface area contributed by atoms with Crippen LogP contribution < -0.4 is 4.90 Å². The SMILES string of the molecule is Cc1cc2c(ncn2C2(C)CN(C(=O)OC(C)(C)C)C2)c(N(Cc2ccccc2)Cc2ccccc2)n1. The van der Waals surface area contributed by atoms with Gasteiger partial charge >= 0.3 is 6.09 Å². The number of amides is 1. The Bertz CT molecular complexity index is 1340. The van der Waals surface area contributed by atoms with Crippen LogP contribution in [0.2, 0.25) is 0 Å². The molecule has 0 aliphatic carbocycles. The van der Waals surface area contributed by atoms with Crippen molar-refractivity contribution in [3.05, 3.63) is 89.9 Å². The summed E-state index contributed by atoms with van der Waals surface area (Å²) >= 11 is 0. The maximum absolute atomic E-state index is 12.6. The van der Waals surface area contributed by atoms with Crippen LogP contribution in [0.15, 0.2) is 73.1 Å². The number of likely N-dealkylation sites (tertiary alicyclic amines) is 1. The van der Waals surface area contributed by atoms with Crippen molar-refractivity contribution < 1.29 is 9.53 Å². The van der Waals surface area contributed by atoms with Crippen LogP contribution in [0.1, 0.15) is 44.5 Å². The number of anilines is 1. The summed E-state index contributed by atoms with van der Waals surface area (Å²) in [4.78, 5) is 26.5. The van der Waals surface area contributed by atoms with Gasteiger partial charge in [-0.05, 0) is 51.8 Å². The normalized spacial score (nSPS) is 14.9. The first-order valence-electron chi connectivity index (χ1n) is 12.8. The van der Waals surface area contributed by atoms with E-state index in [0.29, 0.717) is 13.1 Å². The van der Waals surface area contributed by atoms with Crippen LogP contribution in [0.5, 0.6) is 0 Å². The van der Waals surface area contributed by atoms with Crippen molar-refractivity contribution in [2.45, 2.75) is 58.8 Å². The van der Waals surface area contributed by atoms with Crippen molar-refractivity contribution in [2.75, 3.05) is 18.0 Å². The summed E-state index contributed by atoms with van der Waals surface area (Å²) < 4.78 is 7.77. The second kappa shape index (κ2) is 9.54. The Hall–Kier alpha value is -3.87. The first-order chi connectivity index (χ1) is 17.6. The summed E-state index contributed by atoms with van der Waals surface area (Å²) in [5, 5.41) is 0. The minimum absolute atomic E-state index is 0.263. The molecule has 1 amide bonds. The van der Waals surface area contributed by atoms with Gasteiger partial charge in [-0.25, -0.2) is 14.8 Å². The topological polar surface area (TPSA) is 63.5 Å². The highest BCUT2D eigenvalue weighted by molar-refractivity contribution is 5.87. The fourth-order valence-corrected chi connectivity index (χ4v) is 4.97. The van der Waals surface area contributed by atoms with Gasteiger partial charge in [0.2, 0.25) is 0 Å². The van der Waals surface area contributed by atoms with Crippen LogP contribution in [0.3, 0.4) is 0 Å². The standard InChI is InChI=1S/C30H35N5O2/c1-22-16-25-26(31-21-35(25)30(5)19-34(20-30)28(36)37-29(2,3)4)27(32-22)33(17-23-12-8-6-9-13-23)18-24-14-10-7-11-15-24/h6-16,21H,17-20H2,1-5H3. The molecule has 0 saturated carbocycles. The van der Waals surface area contributed by atoms with Crippen molar-refractivity contribution in [3.8, 4) is 0 Å². The Kier molecular flexibility index (Phi) is 6.40.